The highest BCUT2D eigenvalue weighted by Gasteiger charge is 2.25. The van der Waals surface area contributed by atoms with Crippen LogP contribution >= 0.6 is 0 Å². The lowest BCUT2D eigenvalue weighted by Gasteiger charge is -2.08. The van der Waals surface area contributed by atoms with E-state index in [1.807, 2.05) is 12.1 Å². The van der Waals surface area contributed by atoms with Crippen LogP contribution in [0.25, 0.3) is 0 Å². The predicted molar refractivity (Wildman–Crippen MR) is 88.5 cm³/mol. The molecule has 0 bridgehead atoms. The molecule has 0 aromatic heterocycles. The average Bonchev–Trinajstić information content (AvgIpc) is 3.08. The van der Waals surface area contributed by atoms with E-state index in [2.05, 4.69) is 17.2 Å². The van der Waals surface area contributed by atoms with Crippen LogP contribution in [-0.2, 0) is 14.1 Å². The third-order valence-corrected chi connectivity index (χ3v) is 3.38. The van der Waals surface area contributed by atoms with Gasteiger partial charge in [0.05, 0.1) is 13.2 Å². The molecule has 0 atom stereocenters. The van der Waals surface area contributed by atoms with Gasteiger partial charge in [-0.3, -0.25) is 9.59 Å². The Bertz CT molecular complexity index is 568. The minimum absolute atomic E-state index is 0.143. The van der Waals surface area contributed by atoms with Gasteiger partial charge in [-0.15, -0.1) is 0 Å². The van der Waals surface area contributed by atoms with Gasteiger partial charge in [0.15, 0.2) is 0 Å². The molecule has 1 aliphatic rings. The summed E-state index contributed by atoms with van der Waals surface area (Å²) < 4.78 is 10.8. The molecule has 0 unspecified atom stereocenters. The Morgan fingerprint density at radius 3 is 2.35 bits per heavy atom. The summed E-state index contributed by atoms with van der Waals surface area (Å²) >= 11 is 0. The van der Waals surface area contributed by atoms with Crippen molar-refractivity contribution in [2.45, 2.75) is 13.3 Å². The number of amides is 2. The quantitative estimate of drug-likeness (QED) is 0.429. The van der Waals surface area contributed by atoms with Crippen LogP contribution in [0.5, 0.6) is 0 Å². The first-order valence-corrected chi connectivity index (χ1v) is 7.63. The maximum Gasteiger partial charge on any atom is 0.494 e. The van der Waals surface area contributed by atoms with Crippen LogP contribution in [0.3, 0.4) is 0 Å². The number of hydrogen-bond acceptors (Lipinski definition) is 4. The van der Waals surface area contributed by atoms with Gasteiger partial charge in [0.25, 0.3) is 5.91 Å². The fourth-order valence-corrected chi connectivity index (χ4v) is 2.09. The van der Waals surface area contributed by atoms with E-state index in [9.17, 15) is 9.59 Å². The van der Waals surface area contributed by atoms with Crippen molar-refractivity contribution in [1.29, 1.82) is 0 Å². The Kier molecular flexibility index (Phi) is 6.37. The van der Waals surface area contributed by atoms with E-state index in [0.29, 0.717) is 43.9 Å². The highest BCUT2D eigenvalue weighted by atomic mass is 16.6. The molecular formula is C16H21BN2O4. The zero-order valence-electron chi connectivity index (χ0n) is 13.3. The normalized spacial score (nSPS) is 13.7. The molecule has 1 aromatic carbocycles. The van der Waals surface area contributed by atoms with Crippen LogP contribution in [-0.4, -0.2) is 45.2 Å². The van der Waals surface area contributed by atoms with E-state index in [-0.39, 0.29) is 18.9 Å². The third-order valence-electron chi connectivity index (χ3n) is 3.38. The standard InChI is InChI=1S/C16H21BN2O4/c1-12(2)15(20)18-8-3-9-19-16(21)13-4-6-14(7-5-13)17-22-10-11-23-17/h4-7H,1,3,8-11H2,2H3,(H,18,20)(H,19,21). The Labute approximate surface area is 136 Å². The van der Waals surface area contributed by atoms with Crippen LogP contribution in [0.1, 0.15) is 23.7 Å². The minimum atomic E-state index is -0.330. The smallest absolute Gasteiger partial charge is 0.405 e. The molecule has 2 N–H and O–H groups in total. The van der Waals surface area contributed by atoms with Gasteiger partial charge in [-0.1, -0.05) is 18.7 Å². The van der Waals surface area contributed by atoms with E-state index < -0.39 is 0 Å². The molecule has 0 saturated carbocycles. The van der Waals surface area contributed by atoms with Crippen LogP contribution < -0.4 is 16.1 Å². The first kappa shape index (κ1) is 17.2. The zero-order valence-corrected chi connectivity index (χ0v) is 13.3. The lowest BCUT2D eigenvalue weighted by molar-refractivity contribution is -0.117. The first-order chi connectivity index (χ1) is 11.1. The molecule has 1 aromatic rings. The van der Waals surface area contributed by atoms with Crippen molar-refractivity contribution in [3.63, 3.8) is 0 Å². The predicted octanol–water partition coefficient (Wildman–Crippen LogP) is 0.241. The molecule has 0 spiro atoms. The van der Waals surface area contributed by atoms with Gasteiger partial charge in [-0.25, -0.2) is 0 Å². The molecule has 0 radical (unpaired) electrons. The number of hydrogen-bond donors (Lipinski definition) is 2. The van der Waals surface area contributed by atoms with Crippen molar-refractivity contribution >= 4 is 24.4 Å². The molecule has 2 rings (SSSR count). The SMILES string of the molecule is C=C(C)C(=O)NCCCNC(=O)c1ccc(B2OCCO2)cc1. The molecule has 1 aliphatic heterocycles. The maximum absolute atomic E-state index is 12.0. The summed E-state index contributed by atoms with van der Waals surface area (Å²) in [7, 11) is -0.330. The average molecular weight is 316 g/mol. The van der Waals surface area contributed by atoms with Crippen molar-refractivity contribution < 1.29 is 18.9 Å². The minimum Gasteiger partial charge on any atom is -0.405 e. The number of carbonyl (C=O) groups is 2. The molecule has 1 heterocycles. The molecule has 1 saturated heterocycles. The van der Waals surface area contributed by atoms with Crippen molar-refractivity contribution in [2.75, 3.05) is 26.3 Å². The van der Waals surface area contributed by atoms with E-state index in [0.717, 1.165) is 5.46 Å². The lowest BCUT2D eigenvalue weighted by Crippen LogP contribution is -2.32. The van der Waals surface area contributed by atoms with E-state index in [1.165, 1.54) is 0 Å². The fourth-order valence-electron chi connectivity index (χ4n) is 2.09. The second kappa shape index (κ2) is 8.50. The third kappa shape index (κ3) is 5.23. The van der Waals surface area contributed by atoms with Crippen molar-refractivity contribution in [3.8, 4) is 0 Å². The Morgan fingerprint density at radius 2 is 1.74 bits per heavy atom. The van der Waals surface area contributed by atoms with Gasteiger partial charge in [-0.05, 0) is 30.9 Å². The summed E-state index contributed by atoms with van der Waals surface area (Å²) in [6.45, 7) is 7.39. The van der Waals surface area contributed by atoms with E-state index >= 15 is 0 Å². The van der Waals surface area contributed by atoms with E-state index in [1.54, 1.807) is 19.1 Å². The highest BCUT2D eigenvalue weighted by molar-refractivity contribution is 6.61. The second-order valence-electron chi connectivity index (χ2n) is 5.34. The molecule has 7 heteroatoms. The molecule has 122 valence electrons. The molecule has 0 aliphatic carbocycles. The largest absolute Gasteiger partial charge is 0.494 e. The summed E-state index contributed by atoms with van der Waals surface area (Å²) in [6.07, 6.45) is 0.659. The van der Waals surface area contributed by atoms with Gasteiger partial charge < -0.3 is 19.9 Å². The Hall–Kier alpha value is -2.12. The van der Waals surface area contributed by atoms with Crippen LogP contribution in [0.15, 0.2) is 36.4 Å². The molecule has 23 heavy (non-hydrogen) atoms. The number of benzene rings is 1. The van der Waals surface area contributed by atoms with Crippen LogP contribution in [0, 0.1) is 0 Å². The maximum atomic E-state index is 12.0. The van der Waals surface area contributed by atoms with Crippen molar-refractivity contribution in [1.82, 2.24) is 10.6 Å². The summed E-state index contributed by atoms with van der Waals surface area (Å²) in [5.74, 6) is -0.306. The summed E-state index contributed by atoms with van der Waals surface area (Å²) in [5.41, 5.74) is 1.96. The molecule has 2 amide bonds. The van der Waals surface area contributed by atoms with Crippen molar-refractivity contribution in [2.24, 2.45) is 0 Å². The van der Waals surface area contributed by atoms with Gasteiger partial charge in [0.2, 0.25) is 5.91 Å². The Morgan fingerprint density at radius 1 is 1.13 bits per heavy atom. The summed E-state index contributed by atoms with van der Waals surface area (Å²) in [6, 6.07) is 7.16. The van der Waals surface area contributed by atoms with E-state index in [4.69, 9.17) is 9.31 Å². The van der Waals surface area contributed by atoms with Crippen LogP contribution in [0.2, 0.25) is 0 Å². The highest BCUT2D eigenvalue weighted by Crippen LogP contribution is 2.03. The van der Waals surface area contributed by atoms with Crippen LogP contribution in [0.4, 0.5) is 0 Å². The topological polar surface area (TPSA) is 76.7 Å². The van der Waals surface area contributed by atoms with Gasteiger partial charge in [0.1, 0.15) is 0 Å². The van der Waals surface area contributed by atoms with Gasteiger partial charge in [-0.2, -0.15) is 0 Å². The van der Waals surface area contributed by atoms with Gasteiger partial charge >= 0.3 is 7.12 Å². The number of nitrogens with one attached hydrogen (secondary N) is 2. The fraction of sp³-hybridized carbons (Fsp3) is 0.375. The van der Waals surface area contributed by atoms with Gasteiger partial charge in [0, 0.05) is 24.2 Å². The second-order valence-corrected chi connectivity index (χ2v) is 5.34. The number of carbonyl (C=O) groups excluding carboxylic acids is 2. The van der Waals surface area contributed by atoms with Crippen molar-refractivity contribution in [3.05, 3.63) is 42.0 Å². The molecular weight excluding hydrogens is 295 g/mol. The monoisotopic (exact) mass is 316 g/mol. The Balaban J connectivity index is 1.71. The summed E-state index contributed by atoms with van der Waals surface area (Å²) in [4.78, 5) is 23.3. The summed E-state index contributed by atoms with van der Waals surface area (Å²) in [5, 5.41) is 5.53. The molecule has 1 fully saturated rings. The first-order valence-electron chi connectivity index (χ1n) is 7.63. The number of rotatable bonds is 7. The zero-order chi connectivity index (χ0) is 16.7. The molecule has 6 nitrogen and oxygen atoms in total. The lowest BCUT2D eigenvalue weighted by atomic mass is 9.79.